The molecule has 0 saturated carbocycles. The molecule has 0 radical (unpaired) electrons. The van der Waals surface area contributed by atoms with Crippen molar-refractivity contribution in [3.63, 3.8) is 0 Å². The summed E-state index contributed by atoms with van der Waals surface area (Å²) in [7, 11) is 0. The lowest BCUT2D eigenvalue weighted by Crippen LogP contribution is -2.25. The lowest BCUT2D eigenvalue weighted by molar-refractivity contribution is 0.471. The number of alkyl halides is 1. The molecule has 5 aromatic rings. The number of benzene rings is 2. The minimum Gasteiger partial charge on any atom is -0.383 e. The maximum Gasteiger partial charge on any atom is 0.263 e. The number of nitrogens with zero attached hydrogens (tertiary/aromatic N) is 5. The van der Waals surface area contributed by atoms with Crippen LogP contribution >= 0.6 is 0 Å². The zero-order valence-electron chi connectivity index (χ0n) is 17.7. The monoisotopic (exact) mass is 428 g/mol. The number of hydrogen-bond donors (Lipinski definition) is 1. The second-order valence-corrected chi connectivity index (χ2v) is 7.80. The molecule has 8 heteroatoms. The van der Waals surface area contributed by atoms with Crippen LogP contribution in [-0.4, -0.2) is 24.3 Å². The number of fused-ring (bicyclic) bond motifs is 2. The Kier molecular flexibility index (Phi) is 4.70. The highest BCUT2D eigenvalue weighted by molar-refractivity contribution is 5.88. The van der Waals surface area contributed by atoms with Crippen molar-refractivity contribution >= 4 is 27.6 Å². The number of nitrogens with two attached hydrogens (primary N) is 1. The van der Waals surface area contributed by atoms with Crippen LogP contribution in [0.4, 0.5) is 10.2 Å². The second kappa shape index (κ2) is 7.56. The highest BCUT2D eigenvalue weighted by Gasteiger charge is 2.19. The zero-order chi connectivity index (χ0) is 22.4. The average molecular weight is 428 g/mol. The summed E-state index contributed by atoms with van der Waals surface area (Å²) in [4.78, 5) is 22.0. The maximum atomic E-state index is 13.7. The van der Waals surface area contributed by atoms with E-state index >= 15 is 0 Å². The number of nitrogen functional groups attached to an aromatic ring is 1. The van der Waals surface area contributed by atoms with Crippen LogP contribution < -0.4 is 11.3 Å². The first-order chi connectivity index (χ1) is 15.5. The first kappa shape index (κ1) is 19.9. The normalized spacial score (nSPS) is 11.5. The van der Waals surface area contributed by atoms with Crippen molar-refractivity contribution in [3.05, 3.63) is 87.7 Å². The summed E-state index contributed by atoms with van der Waals surface area (Å²) in [6.45, 7) is 3.31. The molecule has 0 unspecified atom stereocenters. The maximum absolute atomic E-state index is 13.7. The van der Waals surface area contributed by atoms with Crippen molar-refractivity contribution < 1.29 is 4.39 Å². The smallest absolute Gasteiger partial charge is 0.263 e. The minimum absolute atomic E-state index is 0.110. The summed E-state index contributed by atoms with van der Waals surface area (Å²) < 4.78 is 16.9. The van der Waals surface area contributed by atoms with Crippen LogP contribution in [0.3, 0.4) is 0 Å². The third-order valence-corrected chi connectivity index (χ3v) is 5.76. The van der Waals surface area contributed by atoms with E-state index in [4.69, 9.17) is 5.73 Å². The molecule has 0 aliphatic carbocycles. The molecule has 160 valence electrons. The number of pyridine rings is 1. The van der Waals surface area contributed by atoms with E-state index in [0.29, 0.717) is 22.1 Å². The van der Waals surface area contributed by atoms with Crippen LogP contribution in [0, 0.1) is 13.8 Å². The third kappa shape index (κ3) is 3.03. The van der Waals surface area contributed by atoms with Crippen molar-refractivity contribution in [2.45, 2.75) is 27.1 Å². The van der Waals surface area contributed by atoms with E-state index in [1.165, 1.54) is 6.33 Å². The van der Waals surface area contributed by atoms with Gasteiger partial charge in [-0.1, -0.05) is 36.4 Å². The molecule has 5 rings (SSSR count). The fraction of sp³-hybridized carbons (Fsp3) is 0.167. The molecular weight excluding hydrogens is 407 g/mol. The molecule has 2 N–H and O–H groups in total. The molecule has 0 fully saturated rings. The van der Waals surface area contributed by atoms with Crippen LogP contribution in [0.5, 0.6) is 0 Å². The molecule has 7 nitrogen and oxygen atoms in total. The molecule has 0 amide bonds. The van der Waals surface area contributed by atoms with Crippen LogP contribution in [0.25, 0.3) is 27.5 Å². The van der Waals surface area contributed by atoms with Crippen molar-refractivity contribution in [2.24, 2.45) is 0 Å². The summed E-state index contributed by atoms with van der Waals surface area (Å²) in [5.74, 6) is 0.180. The Balaban J connectivity index is 1.81. The van der Waals surface area contributed by atoms with Gasteiger partial charge in [-0.2, -0.15) is 5.10 Å². The summed E-state index contributed by atoms with van der Waals surface area (Å²) in [6, 6.07) is 15.5. The first-order valence-corrected chi connectivity index (χ1v) is 10.2. The van der Waals surface area contributed by atoms with Gasteiger partial charge in [0, 0.05) is 5.69 Å². The van der Waals surface area contributed by atoms with Crippen LogP contribution in [-0.2, 0) is 13.2 Å². The van der Waals surface area contributed by atoms with Gasteiger partial charge < -0.3 is 5.73 Å². The quantitative estimate of drug-likeness (QED) is 0.470. The Morgan fingerprint density at radius 3 is 2.56 bits per heavy atom. The highest BCUT2D eigenvalue weighted by atomic mass is 19.1. The van der Waals surface area contributed by atoms with Crippen LogP contribution in [0.2, 0.25) is 0 Å². The molecule has 2 aromatic carbocycles. The number of rotatable bonds is 4. The predicted octanol–water partition coefficient (Wildman–Crippen LogP) is 3.85. The molecule has 0 atom stereocenters. The number of aryl methyl sites for hydroxylation is 2. The number of hydrogen-bond acceptors (Lipinski definition) is 5. The van der Waals surface area contributed by atoms with Gasteiger partial charge in [-0.15, -0.1) is 0 Å². The third-order valence-electron chi connectivity index (χ3n) is 5.76. The van der Waals surface area contributed by atoms with Crippen LogP contribution in [0.1, 0.15) is 22.5 Å². The van der Waals surface area contributed by atoms with Crippen LogP contribution in [0.15, 0.2) is 59.7 Å². The Bertz CT molecular complexity index is 1550. The van der Waals surface area contributed by atoms with Gasteiger partial charge in [-0.05, 0) is 42.5 Å². The molecule has 0 bridgehead atoms. The van der Waals surface area contributed by atoms with Crippen molar-refractivity contribution in [1.29, 1.82) is 0 Å². The Hall–Kier alpha value is -4.07. The minimum atomic E-state index is -0.789. The molecule has 0 aliphatic heterocycles. The molecule has 0 saturated heterocycles. The second-order valence-electron chi connectivity index (χ2n) is 7.80. The Morgan fingerprint density at radius 1 is 1.00 bits per heavy atom. The van der Waals surface area contributed by atoms with Gasteiger partial charge >= 0.3 is 0 Å². The van der Waals surface area contributed by atoms with Gasteiger partial charge in [0.1, 0.15) is 24.5 Å². The lowest BCUT2D eigenvalue weighted by atomic mass is 10.1. The zero-order valence-corrected chi connectivity index (χ0v) is 17.7. The van der Waals surface area contributed by atoms with E-state index in [9.17, 15) is 9.18 Å². The number of para-hydroxylation sites is 1. The topological polar surface area (TPSA) is 91.6 Å². The van der Waals surface area contributed by atoms with Gasteiger partial charge in [0.25, 0.3) is 5.56 Å². The number of halogens is 1. The average Bonchev–Trinajstić information content (AvgIpc) is 3.14. The predicted molar refractivity (Wildman–Crippen MR) is 123 cm³/mol. The number of anilines is 1. The van der Waals surface area contributed by atoms with Crippen molar-refractivity contribution in [2.75, 3.05) is 5.73 Å². The van der Waals surface area contributed by atoms with E-state index in [0.717, 1.165) is 22.2 Å². The summed E-state index contributed by atoms with van der Waals surface area (Å²) in [5, 5.41) is 6.30. The van der Waals surface area contributed by atoms with Crippen molar-refractivity contribution in [3.8, 4) is 5.69 Å². The van der Waals surface area contributed by atoms with Gasteiger partial charge in [-0.3, -0.25) is 9.36 Å². The van der Waals surface area contributed by atoms with E-state index < -0.39 is 6.67 Å². The fourth-order valence-corrected chi connectivity index (χ4v) is 4.25. The number of aromatic nitrogens is 5. The standard InChI is InChI=1S/C24H21FN6O/c1-14-6-3-4-9-19(14)31-17(10-16-8-5-7-15(2)20(16)24(31)32)12-30-23-21(18(11-25)29-30)22(26)27-13-28-23/h3-10,13H,11-12H2,1-2H3,(H2,26,27,28). The van der Waals surface area contributed by atoms with Gasteiger partial charge in [0.2, 0.25) is 0 Å². The van der Waals surface area contributed by atoms with Gasteiger partial charge in [0.15, 0.2) is 5.65 Å². The molecule has 32 heavy (non-hydrogen) atoms. The van der Waals surface area contributed by atoms with E-state index in [1.54, 1.807) is 9.25 Å². The molecule has 0 aliphatic rings. The highest BCUT2D eigenvalue weighted by Crippen LogP contribution is 2.25. The fourth-order valence-electron chi connectivity index (χ4n) is 4.25. The van der Waals surface area contributed by atoms with Crippen molar-refractivity contribution in [1.82, 2.24) is 24.3 Å². The molecule has 3 heterocycles. The molecule has 3 aromatic heterocycles. The van der Waals surface area contributed by atoms with E-state index in [-0.39, 0.29) is 23.6 Å². The summed E-state index contributed by atoms with van der Waals surface area (Å²) in [5.41, 5.74) is 9.83. The Labute approximate surface area is 183 Å². The molecule has 0 spiro atoms. The van der Waals surface area contributed by atoms with E-state index in [1.807, 2.05) is 62.4 Å². The Morgan fingerprint density at radius 2 is 1.78 bits per heavy atom. The van der Waals surface area contributed by atoms with Gasteiger partial charge in [0.05, 0.1) is 23.0 Å². The summed E-state index contributed by atoms with van der Waals surface area (Å²) >= 11 is 0. The first-order valence-electron chi connectivity index (χ1n) is 10.2. The SMILES string of the molecule is Cc1ccccc1-n1c(Cn2nc(CF)c3c(N)ncnc32)cc2cccc(C)c2c1=O. The summed E-state index contributed by atoms with van der Waals surface area (Å²) in [6.07, 6.45) is 1.33. The molecular formula is C24H21FN6O. The largest absolute Gasteiger partial charge is 0.383 e. The van der Waals surface area contributed by atoms with E-state index in [2.05, 4.69) is 15.1 Å². The van der Waals surface area contributed by atoms with Gasteiger partial charge in [-0.25, -0.2) is 19.0 Å². The lowest BCUT2D eigenvalue weighted by Gasteiger charge is -2.17.